The Hall–Kier alpha value is -1.13. The van der Waals surface area contributed by atoms with Gasteiger partial charge in [0.15, 0.2) is 12.5 Å². The summed E-state index contributed by atoms with van der Waals surface area (Å²) in [4.78, 5) is 12.0. The number of aliphatic hydroxyl groups is 8. The van der Waals surface area contributed by atoms with Gasteiger partial charge in [-0.2, -0.15) is 0 Å². The van der Waals surface area contributed by atoms with E-state index in [9.17, 15) is 35.4 Å². The van der Waals surface area contributed by atoms with E-state index in [1.807, 2.05) is 0 Å². The van der Waals surface area contributed by atoms with Crippen molar-refractivity contribution in [3.63, 3.8) is 0 Å². The molecule has 26 heavy (non-hydrogen) atoms. The maximum atomic E-state index is 12.0. The molecule has 2 saturated heterocycles. The van der Waals surface area contributed by atoms with E-state index < -0.39 is 80.5 Å². The number of carbonyl (C=O) groups excluding carboxylic acids is 1. The van der Waals surface area contributed by atoms with Crippen LogP contribution < -0.4 is 10.6 Å². The molecule has 13 nitrogen and oxygen atoms in total. The van der Waals surface area contributed by atoms with Crippen molar-refractivity contribution in [2.24, 2.45) is 0 Å². The molecule has 0 aliphatic carbocycles. The van der Waals surface area contributed by atoms with Gasteiger partial charge in [0.25, 0.3) is 0 Å². The Morgan fingerprint density at radius 1 is 0.654 bits per heavy atom. The van der Waals surface area contributed by atoms with E-state index in [0.29, 0.717) is 0 Å². The van der Waals surface area contributed by atoms with Crippen molar-refractivity contribution in [2.75, 3.05) is 13.2 Å². The second-order valence-corrected chi connectivity index (χ2v) is 6.12. The third-order valence-corrected chi connectivity index (χ3v) is 4.33. The lowest BCUT2D eigenvalue weighted by Crippen LogP contribution is -2.67. The van der Waals surface area contributed by atoms with E-state index in [4.69, 9.17) is 19.7 Å². The summed E-state index contributed by atoms with van der Waals surface area (Å²) in [6.07, 6.45) is -15.5. The van der Waals surface area contributed by atoms with Crippen molar-refractivity contribution < 1.29 is 55.1 Å². The quantitative estimate of drug-likeness (QED) is 0.220. The van der Waals surface area contributed by atoms with E-state index in [-0.39, 0.29) is 0 Å². The molecule has 2 amide bonds. The molecule has 2 aliphatic heterocycles. The molecule has 0 radical (unpaired) electrons. The zero-order valence-corrected chi connectivity index (χ0v) is 13.5. The van der Waals surface area contributed by atoms with Gasteiger partial charge in [-0.15, -0.1) is 0 Å². The number of rotatable bonds is 4. The largest absolute Gasteiger partial charge is 0.394 e. The van der Waals surface area contributed by atoms with Crippen molar-refractivity contribution in [1.82, 2.24) is 10.6 Å². The predicted molar refractivity (Wildman–Crippen MR) is 79.2 cm³/mol. The van der Waals surface area contributed by atoms with Gasteiger partial charge in [-0.25, -0.2) is 4.79 Å². The van der Waals surface area contributed by atoms with E-state index in [0.717, 1.165) is 0 Å². The number of amides is 2. The average molecular weight is 384 g/mol. The topological polar surface area (TPSA) is 221 Å². The Bertz CT molecular complexity index is 439. The lowest BCUT2D eigenvalue weighted by atomic mass is 9.98. The number of hydrogen-bond acceptors (Lipinski definition) is 11. The van der Waals surface area contributed by atoms with Crippen LogP contribution in [0.25, 0.3) is 0 Å². The van der Waals surface area contributed by atoms with Crippen molar-refractivity contribution in [2.45, 2.75) is 61.3 Å². The van der Waals surface area contributed by atoms with Crippen LogP contribution in [0.15, 0.2) is 0 Å². The highest BCUT2D eigenvalue weighted by atomic mass is 16.6. The molecule has 10 N–H and O–H groups in total. The molecule has 0 unspecified atom stereocenters. The predicted octanol–water partition coefficient (Wildman–Crippen LogP) is -6.11. The van der Waals surface area contributed by atoms with Crippen molar-refractivity contribution >= 4 is 6.03 Å². The average Bonchev–Trinajstić information content (AvgIpc) is 2.62. The second kappa shape index (κ2) is 8.71. The van der Waals surface area contributed by atoms with Crippen LogP contribution in [0.1, 0.15) is 0 Å². The highest BCUT2D eigenvalue weighted by Gasteiger charge is 2.46. The Morgan fingerprint density at radius 2 is 1.00 bits per heavy atom. The van der Waals surface area contributed by atoms with Gasteiger partial charge in [-0.1, -0.05) is 0 Å². The molecule has 13 heteroatoms. The molecule has 152 valence electrons. The molecular formula is C13H24N2O11. The van der Waals surface area contributed by atoms with E-state index in [1.54, 1.807) is 0 Å². The fourth-order valence-corrected chi connectivity index (χ4v) is 2.74. The molecule has 10 atom stereocenters. The van der Waals surface area contributed by atoms with Crippen molar-refractivity contribution in [3.05, 3.63) is 0 Å². The SMILES string of the molecule is O=C(N[C@@H]1O[C@H](CO)[C@@H](O)[C@H](O)[C@H]1O)N[C@@H]1O[C@H](CO)[C@@H](O)[C@H](O)[C@H]1O. The van der Waals surface area contributed by atoms with E-state index in [2.05, 4.69) is 10.6 Å². The number of urea groups is 1. The van der Waals surface area contributed by atoms with E-state index >= 15 is 0 Å². The first-order valence-electron chi connectivity index (χ1n) is 7.89. The molecule has 2 fully saturated rings. The van der Waals surface area contributed by atoms with Gasteiger partial charge in [-0.3, -0.25) is 0 Å². The van der Waals surface area contributed by atoms with Gasteiger partial charge >= 0.3 is 6.03 Å². The van der Waals surface area contributed by atoms with Crippen LogP contribution >= 0.6 is 0 Å². The maximum Gasteiger partial charge on any atom is 0.318 e. The van der Waals surface area contributed by atoms with Crippen LogP contribution in [0.2, 0.25) is 0 Å². The monoisotopic (exact) mass is 384 g/mol. The molecule has 0 saturated carbocycles. The second-order valence-electron chi connectivity index (χ2n) is 6.12. The molecule has 0 bridgehead atoms. The van der Waals surface area contributed by atoms with Crippen LogP contribution in [0.3, 0.4) is 0 Å². The van der Waals surface area contributed by atoms with Crippen molar-refractivity contribution in [3.8, 4) is 0 Å². The minimum absolute atomic E-state index is 0.683. The molecule has 0 aromatic heterocycles. The Labute approximate surface area is 147 Å². The fourth-order valence-electron chi connectivity index (χ4n) is 2.74. The van der Waals surface area contributed by atoms with Gasteiger partial charge < -0.3 is 61.0 Å². The number of ether oxygens (including phenoxy) is 2. The van der Waals surface area contributed by atoms with Crippen molar-refractivity contribution in [1.29, 1.82) is 0 Å². The molecular weight excluding hydrogens is 360 g/mol. The van der Waals surface area contributed by atoms with Crippen LogP contribution in [0.5, 0.6) is 0 Å². The van der Waals surface area contributed by atoms with Gasteiger partial charge in [-0.05, 0) is 0 Å². The summed E-state index contributed by atoms with van der Waals surface area (Å²) in [5, 5.41) is 80.7. The highest BCUT2D eigenvalue weighted by Crippen LogP contribution is 2.21. The molecule has 0 aromatic rings. The first kappa shape index (κ1) is 21.2. The lowest BCUT2D eigenvalue weighted by Gasteiger charge is -2.41. The molecule has 2 rings (SSSR count). The van der Waals surface area contributed by atoms with Crippen LogP contribution in [0.4, 0.5) is 4.79 Å². The summed E-state index contributed by atoms with van der Waals surface area (Å²) in [5.41, 5.74) is 0. The number of nitrogens with one attached hydrogen (secondary N) is 2. The summed E-state index contributed by atoms with van der Waals surface area (Å²) in [6, 6.07) is -1.06. The Kier molecular flexibility index (Phi) is 7.09. The van der Waals surface area contributed by atoms with Gasteiger partial charge in [0.2, 0.25) is 0 Å². The molecule has 2 aliphatic rings. The third kappa shape index (κ3) is 4.23. The first-order valence-corrected chi connectivity index (χ1v) is 7.89. The molecule has 2 heterocycles. The first-order chi connectivity index (χ1) is 12.2. The van der Waals surface area contributed by atoms with Crippen LogP contribution in [-0.4, -0.2) is 121 Å². The number of carbonyl (C=O) groups is 1. The van der Waals surface area contributed by atoms with E-state index in [1.165, 1.54) is 0 Å². The zero-order valence-electron chi connectivity index (χ0n) is 13.5. The highest BCUT2D eigenvalue weighted by molar-refractivity contribution is 5.74. The molecule has 0 spiro atoms. The van der Waals surface area contributed by atoms with Gasteiger partial charge in [0.05, 0.1) is 13.2 Å². The standard InChI is InChI=1S/C13H24N2O11/c16-1-3-5(18)7(20)9(22)11(25-3)14-13(24)15-12-10(23)8(21)6(19)4(2-17)26-12/h3-12,16-23H,1-2H2,(H2,14,15,24)/t3-,4-,5-,6-,7+,8+,9-,10-,11-,12-/m1/s1. The number of aliphatic hydroxyl groups excluding tert-OH is 8. The number of hydrogen-bond donors (Lipinski definition) is 10. The summed E-state index contributed by atoms with van der Waals surface area (Å²) < 4.78 is 10.2. The van der Waals surface area contributed by atoms with Gasteiger partial charge in [0, 0.05) is 0 Å². The summed E-state index contributed by atoms with van der Waals surface area (Å²) in [5.74, 6) is 0. The zero-order chi connectivity index (χ0) is 19.6. The minimum atomic E-state index is -1.71. The lowest BCUT2D eigenvalue weighted by molar-refractivity contribution is -0.237. The fraction of sp³-hybridized carbons (Fsp3) is 0.923. The molecule has 0 aromatic carbocycles. The van der Waals surface area contributed by atoms with Crippen LogP contribution in [0, 0.1) is 0 Å². The summed E-state index contributed by atoms with van der Waals surface area (Å²) in [7, 11) is 0. The summed E-state index contributed by atoms with van der Waals surface area (Å²) >= 11 is 0. The minimum Gasteiger partial charge on any atom is -0.394 e. The van der Waals surface area contributed by atoms with Crippen LogP contribution in [-0.2, 0) is 9.47 Å². The normalized spacial score (nSPS) is 46.6. The smallest absolute Gasteiger partial charge is 0.318 e. The van der Waals surface area contributed by atoms with Gasteiger partial charge in [0.1, 0.15) is 48.8 Å². The maximum absolute atomic E-state index is 12.0. The summed E-state index contributed by atoms with van der Waals surface area (Å²) in [6.45, 7) is -1.37. The Balaban J connectivity index is 1.97. The third-order valence-electron chi connectivity index (χ3n) is 4.33. The Morgan fingerprint density at radius 3 is 1.31 bits per heavy atom.